The molecule has 0 aliphatic heterocycles. The highest BCUT2D eigenvalue weighted by atomic mass is 35.5. The Kier molecular flexibility index (Phi) is 4.03. The maximum Gasteiger partial charge on any atom is 0.187 e. The van der Waals surface area contributed by atoms with Gasteiger partial charge in [0, 0.05) is 21.5 Å². The van der Waals surface area contributed by atoms with Crippen molar-refractivity contribution in [3.05, 3.63) is 71.2 Å². The Morgan fingerprint density at radius 3 is 2.50 bits per heavy atom. The molecule has 3 aromatic heterocycles. The minimum atomic E-state index is 0.402. The van der Waals surface area contributed by atoms with Crippen LogP contribution in [0.4, 0.5) is 5.82 Å². The first kappa shape index (κ1) is 16.9. The molecule has 0 unspecified atom stereocenters. The van der Waals surface area contributed by atoms with Crippen LogP contribution in [0.25, 0.3) is 38.7 Å². The normalized spacial score (nSPS) is 11.2. The number of thiazole rings is 1. The van der Waals surface area contributed by atoms with Gasteiger partial charge in [-0.05, 0) is 17.7 Å². The largest absolute Gasteiger partial charge is 0.382 e. The van der Waals surface area contributed by atoms with Crippen LogP contribution in [-0.4, -0.2) is 24.8 Å². The molecule has 136 valence electrons. The fourth-order valence-corrected chi connectivity index (χ4v) is 3.92. The van der Waals surface area contributed by atoms with Crippen molar-refractivity contribution in [3.63, 3.8) is 0 Å². The molecule has 0 fully saturated rings. The second-order valence-corrected chi connectivity index (χ2v) is 7.43. The van der Waals surface area contributed by atoms with E-state index in [1.807, 2.05) is 60.0 Å². The summed E-state index contributed by atoms with van der Waals surface area (Å²) in [7, 11) is 0. The third kappa shape index (κ3) is 2.81. The fraction of sp³-hybridized carbons (Fsp3) is 0. The molecule has 0 amide bonds. The number of aromatic nitrogens is 5. The van der Waals surface area contributed by atoms with E-state index in [9.17, 15) is 0 Å². The summed E-state index contributed by atoms with van der Waals surface area (Å²) in [6, 6.07) is 17.5. The number of nitrogens with zero attached hydrogens (tertiary/aromatic N) is 5. The minimum absolute atomic E-state index is 0.402. The predicted molar refractivity (Wildman–Crippen MR) is 112 cm³/mol. The van der Waals surface area contributed by atoms with Gasteiger partial charge in [-0.3, -0.25) is 0 Å². The van der Waals surface area contributed by atoms with Crippen molar-refractivity contribution < 1.29 is 0 Å². The minimum Gasteiger partial charge on any atom is -0.382 e. The van der Waals surface area contributed by atoms with E-state index in [1.165, 1.54) is 11.3 Å². The van der Waals surface area contributed by atoms with Crippen molar-refractivity contribution >= 4 is 34.4 Å². The van der Waals surface area contributed by atoms with Crippen LogP contribution in [-0.2, 0) is 0 Å². The van der Waals surface area contributed by atoms with Gasteiger partial charge in [0.05, 0.1) is 11.9 Å². The van der Waals surface area contributed by atoms with E-state index in [1.54, 1.807) is 10.7 Å². The van der Waals surface area contributed by atoms with E-state index >= 15 is 0 Å². The number of nitrogen functional groups attached to an aromatic ring is 1. The molecular formula is C20H13ClN6S. The second-order valence-electron chi connectivity index (χ2n) is 6.14. The van der Waals surface area contributed by atoms with Crippen LogP contribution in [0.5, 0.6) is 0 Å². The van der Waals surface area contributed by atoms with Crippen LogP contribution in [0.15, 0.2) is 66.2 Å². The molecule has 5 aromatic rings. The maximum absolute atomic E-state index is 6.36. The zero-order chi connectivity index (χ0) is 19.1. The van der Waals surface area contributed by atoms with Gasteiger partial charge in [-0.15, -0.1) is 21.5 Å². The molecule has 0 saturated heterocycles. The second kappa shape index (κ2) is 6.70. The van der Waals surface area contributed by atoms with Gasteiger partial charge in [0.15, 0.2) is 17.2 Å². The smallest absolute Gasteiger partial charge is 0.187 e. The number of nitrogens with two attached hydrogens (primary N) is 1. The molecule has 0 aliphatic carbocycles. The lowest BCUT2D eigenvalue weighted by atomic mass is 10.1. The summed E-state index contributed by atoms with van der Waals surface area (Å²) in [5, 5.41) is 16.5. The van der Waals surface area contributed by atoms with Gasteiger partial charge in [-0.1, -0.05) is 54.1 Å². The lowest BCUT2D eigenvalue weighted by Crippen LogP contribution is -2.05. The molecule has 28 heavy (non-hydrogen) atoms. The highest BCUT2D eigenvalue weighted by molar-refractivity contribution is 7.13. The van der Waals surface area contributed by atoms with Crippen molar-refractivity contribution in [3.8, 4) is 33.1 Å². The zero-order valence-electron chi connectivity index (χ0n) is 14.5. The Hall–Kier alpha value is -3.29. The molecule has 2 N–H and O–H groups in total. The van der Waals surface area contributed by atoms with Crippen LogP contribution in [0.2, 0.25) is 5.02 Å². The summed E-state index contributed by atoms with van der Waals surface area (Å²) in [6.07, 6.45) is 1.73. The zero-order valence-corrected chi connectivity index (χ0v) is 16.0. The Morgan fingerprint density at radius 2 is 1.71 bits per heavy atom. The van der Waals surface area contributed by atoms with Crippen LogP contribution in [0.1, 0.15) is 0 Å². The number of fused-ring (bicyclic) bond motifs is 1. The first-order chi connectivity index (χ1) is 13.7. The van der Waals surface area contributed by atoms with Crippen LogP contribution in [0, 0.1) is 0 Å². The number of rotatable bonds is 3. The molecule has 0 radical (unpaired) electrons. The summed E-state index contributed by atoms with van der Waals surface area (Å²) in [6.45, 7) is 0. The van der Waals surface area contributed by atoms with E-state index in [0.717, 1.165) is 22.4 Å². The highest BCUT2D eigenvalue weighted by Gasteiger charge is 2.17. The summed E-state index contributed by atoms with van der Waals surface area (Å²) in [4.78, 5) is 4.67. The highest BCUT2D eigenvalue weighted by Crippen LogP contribution is 2.32. The van der Waals surface area contributed by atoms with Gasteiger partial charge >= 0.3 is 0 Å². The summed E-state index contributed by atoms with van der Waals surface area (Å²) < 4.78 is 1.59. The van der Waals surface area contributed by atoms with Crippen molar-refractivity contribution in [1.82, 2.24) is 24.8 Å². The molecule has 0 spiro atoms. The van der Waals surface area contributed by atoms with E-state index in [-0.39, 0.29) is 0 Å². The van der Waals surface area contributed by atoms with E-state index in [0.29, 0.717) is 27.2 Å². The van der Waals surface area contributed by atoms with Gasteiger partial charge in [0.25, 0.3) is 0 Å². The molecule has 6 nitrogen and oxygen atoms in total. The standard InChI is InChI=1S/C20H13ClN6S/c21-14-8-6-12(7-9-14)15-10-23-27-18(22)17(25-26-19(15)27)20-24-16(11-28-20)13-4-2-1-3-5-13/h1-11H,22H2. The summed E-state index contributed by atoms with van der Waals surface area (Å²) in [5.74, 6) is 0.402. The quantitative estimate of drug-likeness (QED) is 0.466. The predicted octanol–water partition coefficient (Wildman–Crippen LogP) is 4.82. The number of benzene rings is 2. The third-order valence-corrected chi connectivity index (χ3v) is 5.49. The Balaban J connectivity index is 1.58. The van der Waals surface area contributed by atoms with E-state index in [2.05, 4.69) is 20.3 Å². The van der Waals surface area contributed by atoms with Gasteiger partial charge in [-0.2, -0.15) is 9.61 Å². The van der Waals surface area contributed by atoms with Crippen LogP contribution >= 0.6 is 22.9 Å². The topological polar surface area (TPSA) is 82.0 Å². The SMILES string of the molecule is Nc1c(-c2nc(-c3ccccc3)cs2)nnc2c(-c3ccc(Cl)cc3)cnn12. The number of anilines is 1. The molecule has 0 bridgehead atoms. The van der Waals surface area contributed by atoms with E-state index < -0.39 is 0 Å². The Bertz CT molecular complexity index is 1280. The van der Waals surface area contributed by atoms with E-state index in [4.69, 9.17) is 17.3 Å². The van der Waals surface area contributed by atoms with Gasteiger partial charge in [0.1, 0.15) is 5.01 Å². The summed E-state index contributed by atoms with van der Waals surface area (Å²) in [5.41, 5.74) is 11.2. The molecule has 0 atom stereocenters. The molecule has 0 aliphatic rings. The first-order valence-corrected chi connectivity index (χ1v) is 9.73. The molecule has 8 heteroatoms. The lowest BCUT2D eigenvalue weighted by Gasteiger charge is -2.04. The number of hydrogen-bond acceptors (Lipinski definition) is 6. The maximum atomic E-state index is 6.36. The average Bonchev–Trinajstić information content (AvgIpc) is 3.38. The van der Waals surface area contributed by atoms with Crippen molar-refractivity contribution in [2.24, 2.45) is 0 Å². The third-order valence-electron chi connectivity index (χ3n) is 4.39. The van der Waals surface area contributed by atoms with Crippen molar-refractivity contribution in [1.29, 1.82) is 0 Å². The monoisotopic (exact) mass is 404 g/mol. The number of hydrogen-bond donors (Lipinski definition) is 1. The average molecular weight is 405 g/mol. The molecular weight excluding hydrogens is 392 g/mol. The molecule has 3 heterocycles. The van der Waals surface area contributed by atoms with Gasteiger partial charge < -0.3 is 5.73 Å². The van der Waals surface area contributed by atoms with Gasteiger partial charge in [-0.25, -0.2) is 4.98 Å². The number of halogens is 1. The lowest BCUT2D eigenvalue weighted by molar-refractivity contribution is 0.906. The Labute approximate surface area is 169 Å². The molecule has 2 aromatic carbocycles. The van der Waals surface area contributed by atoms with Crippen molar-refractivity contribution in [2.45, 2.75) is 0 Å². The first-order valence-electron chi connectivity index (χ1n) is 8.48. The summed E-state index contributed by atoms with van der Waals surface area (Å²) >= 11 is 7.45. The van der Waals surface area contributed by atoms with Crippen LogP contribution in [0.3, 0.4) is 0 Å². The fourth-order valence-electron chi connectivity index (χ4n) is 2.97. The molecule has 0 saturated carbocycles. The van der Waals surface area contributed by atoms with Crippen LogP contribution < -0.4 is 5.73 Å². The Morgan fingerprint density at radius 1 is 0.929 bits per heavy atom. The van der Waals surface area contributed by atoms with Gasteiger partial charge in [0.2, 0.25) is 0 Å². The molecule has 5 rings (SSSR count). The van der Waals surface area contributed by atoms with Crippen molar-refractivity contribution in [2.75, 3.05) is 5.73 Å².